The Morgan fingerprint density at radius 3 is 2.29 bits per heavy atom. The summed E-state index contributed by atoms with van der Waals surface area (Å²) in [6.07, 6.45) is 0. The Labute approximate surface area is 201 Å². The minimum atomic E-state index is -4.04. The van der Waals surface area contributed by atoms with Gasteiger partial charge in [-0.25, -0.2) is 12.8 Å². The Bertz CT molecular complexity index is 1300. The molecular weight excluding hydrogens is 487 g/mol. The van der Waals surface area contributed by atoms with E-state index in [1.807, 2.05) is 0 Å². The molecule has 0 fully saturated rings. The Balaban J connectivity index is 1.88. The first-order valence-electron chi connectivity index (χ1n) is 9.96. The maximum absolute atomic E-state index is 13.2. The van der Waals surface area contributed by atoms with Crippen LogP contribution in [0.4, 0.5) is 15.8 Å². The Hall–Kier alpha value is -3.50. The van der Waals surface area contributed by atoms with E-state index in [-0.39, 0.29) is 32.6 Å². The first-order valence-corrected chi connectivity index (χ1v) is 11.8. The van der Waals surface area contributed by atoms with Crippen LogP contribution < -0.4 is 24.2 Å². The normalized spacial score (nSPS) is 11.0. The minimum Gasteiger partial charge on any atom is -0.495 e. The lowest BCUT2D eigenvalue weighted by atomic mass is 10.1. The van der Waals surface area contributed by atoms with E-state index in [9.17, 15) is 17.6 Å². The average Bonchev–Trinajstić information content (AvgIpc) is 2.80. The van der Waals surface area contributed by atoms with Crippen molar-refractivity contribution in [2.24, 2.45) is 0 Å². The number of rotatable bonds is 9. The standard InChI is InChI=1S/C23H22ClFN2O6S/c1-4-33-22-18(24)11-14(12-21(22)32-3)23(28)26-16-7-10-20(31-2)19(13-16)27-34(29,30)17-8-5-15(25)6-9-17/h5-13,27H,4H2,1-3H3,(H,26,28). The molecule has 0 spiro atoms. The molecule has 180 valence electrons. The molecule has 3 rings (SSSR count). The van der Waals surface area contributed by atoms with Crippen molar-refractivity contribution in [2.45, 2.75) is 11.8 Å². The summed E-state index contributed by atoms with van der Waals surface area (Å²) in [6.45, 7) is 2.16. The molecule has 0 aliphatic rings. The van der Waals surface area contributed by atoms with Crippen molar-refractivity contribution in [2.75, 3.05) is 30.9 Å². The van der Waals surface area contributed by atoms with Crippen LogP contribution in [-0.4, -0.2) is 35.2 Å². The fourth-order valence-corrected chi connectivity index (χ4v) is 4.35. The van der Waals surface area contributed by atoms with Crippen LogP contribution in [0.2, 0.25) is 5.02 Å². The van der Waals surface area contributed by atoms with E-state index < -0.39 is 21.7 Å². The molecule has 8 nitrogen and oxygen atoms in total. The molecule has 0 saturated heterocycles. The summed E-state index contributed by atoms with van der Waals surface area (Å²) in [6, 6.07) is 11.7. The number of methoxy groups -OCH3 is 2. The molecule has 11 heteroatoms. The number of ether oxygens (including phenoxy) is 3. The van der Waals surface area contributed by atoms with Crippen LogP contribution in [0.25, 0.3) is 0 Å². The third-order valence-corrected chi connectivity index (χ3v) is 6.27. The van der Waals surface area contributed by atoms with Crippen molar-refractivity contribution >= 4 is 38.9 Å². The number of hydrogen-bond acceptors (Lipinski definition) is 6. The monoisotopic (exact) mass is 508 g/mol. The number of anilines is 2. The largest absolute Gasteiger partial charge is 0.495 e. The van der Waals surface area contributed by atoms with E-state index in [4.69, 9.17) is 25.8 Å². The molecule has 0 bridgehead atoms. The van der Waals surface area contributed by atoms with Crippen LogP contribution in [0.1, 0.15) is 17.3 Å². The average molecular weight is 509 g/mol. The van der Waals surface area contributed by atoms with Gasteiger partial charge in [0.1, 0.15) is 11.6 Å². The number of amides is 1. The smallest absolute Gasteiger partial charge is 0.262 e. The highest BCUT2D eigenvalue weighted by Crippen LogP contribution is 2.37. The van der Waals surface area contributed by atoms with Crippen LogP contribution in [-0.2, 0) is 10.0 Å². The molecule has 3 aromatic carbocycles. The van der Waals surface area contributed by atoms with Gasteiger partial charge in [-0.2, -0.15) is 0 Å². The molecule has 0 unspecified atom stereocenters. The van der Waals surface area contributed by atoms with Crippen molar-refractivity contribution in [1.82, 2.24) is 0 Å². The molecular formula is C23H22ClFN2O6S. The molecule has 0 saturated carbocycles. The molecule has 0 heterocycles. The SMILES string of the molecule is CCOc1c(Cl)cc(C(=O)Nc2ccc(OC)c(NS(=O)(=O)c3ccc(F)cc3)c2)cc1OC. The van der Waals surface area contributed by atoms with Crippen molar-refractivity contribution in [3.05, 3.63) is 71.0 Å². The summed E-state index contributed by atoms with van der Waals surface area (Å²) < 4.78 is 56.9. The highest BCUT2D eigenvalue weighted by molar-refractivity contribution is 7.92. The quantitative estimate of drug-likeness (QED) is 0.424. The highest BCUT2D eigenvalue weighted by Gasteiger charge is 2.19. The lowest BCUT2D eigenvalue weighted by molar-refractivity contribution is 0.102. The Kier molecular flexibility index (Phi) is 7.85. The fraction of sp³-hybridized carbons (Fsp3) is 0.174. The second kappa shape index (κ2) is 10.6. The van der Waals surface area contributed by atoms with Crippen LogP contribution in [0, 0.1) is 5.82 Å². The summed E-state index contributed by atoms with van der Waals surface area (Å²) in [5, 5.41) is 2.88. The molecule has 0 aliphatic heterocycles. The zero-order valence-electron chi connectivity index (χ0n) is 18.5. The van der Waals surface area contributed by atoms with Gasteiger partial charge in [0, 0.05) is 11.3 Å². The Morgan fingerprint density at radius 2 is 1.68 bits per heavy atom. The van der Waals surface area contributed by atoms with Gasteiger partial charge in [-0.3, -0.25) is 9.52 Å². The zero-order valence-corrected chi connectivity index (χ0v) is 20.1. The van der Waals surface area contributed by atoms with Crippen molar-refractivity contribution in [1.29, 1.82) is 0 Å². The number of hydrogen-bond donors (Lipinski definition) is 2. The van der Waals surface area contributed by atoms with Gasteiger partial charge in [0.05, 0.1) is 36.4 Å². The van der Waals surface area contributed by atoms with E-state index >= 15 is 0 Å². The lowest BCUT2D eigenvalue weighted by Gasteiger charge is -2.15. The number of carbonyl (C=O) groups is 1. The predicted octanol–water partition coefficient (Wildman–Crippen LogP) is 4.95. The van der Waals surface area contributed by atoms with Crippen molar-refractivity contribution in [3.8, 4) is 17.2 Å². The fourth-order valence-electron chi connectivity index (χ4n) is 3.02. The first-order chi connectivity index (χ1) is 16.2. The molecule has 0 radical (unpaired) electrons. The van der Waals surface area contributed by atoms with Gasteiger partial charge in [-0.05, 0) is 61.5 Å². The van der Waals surface area contributed by atoms with Gasteiger partial charge < -0.3 is 19.5 Å². The first kappa shape index (κ1) is 25.1. The van der Waals surface area contributed by atoms with Crippen LogP contribution >= 0.6 is 11.6 Å². The van der Waals surface area contributed by atoms with Crippen LogP contribution in [0.5, 0.6) is 17.2 Å². The number of sulfonamides is 1. The maximum Gasteiger partial charge on any atom is 0.262 e. The highest BCUT2D eigenvalue weighted by atomic mass is 35.5. The summed E-state index contributed by atoms with van der Waals surface area (Å²) >= 11 is 6.24. The van der Waals surface area contributed by atoms with Gasteiger partial charge >= 0.3 is 0 Å². The molecule has 1 amide bonds. The summed E-state index contributed by atoms with van der Waals surface area (Å²) in [5.41, 5.74) is 0.563. The molecule has 2 N–H and O–H groups in total. The molecule has 0 atom stereocenters. The van der Waals surface area contributed by atoms with Gasteiger partial charge in [0.25, 0.3) is 15.9 Å². The van der Waals surface area contributed by atoms with Crippen molar-refractivity contribution in [3.63, 3.8) is 0 Å². The number of halogens is 2. The van der Waals surface area contributed by atoms with E-state index in [2.05, 4.69) is 10.0 Å². The predicted molar refractivity (Wildman–Crippen MR) is 127 cm³/mol. The molecule has 34 heavy (non-hydrogen) atoms. The second-order valence-corrected chi connectivity index (χ2v) is 8.94. The van der Waals surface area contributed by atoms with Crippen molar-refractivity contribution < 1.29 is 31.8 Å². The van der Waals surface area contributed by atoms with E-state index in [0.717, 1.165) is 24.3 Å². The van der Waals surface area contributed by atoms with Gasteiger partial charge in [0.2, 0.25) is 0 Å². The van der Waals surface area contributed by atoms with Crippen LogP contribution in [0.15, 0.2) is 59.5 Å². The molecule has 3 aromatic rings. The third-order valence-electron chi connectivity index (χ3n) is 4.61. The number of benzene rings is 3. The van der Waals surface area contributed by atoms with Crippen LogP contribution in [0.3, 0.4) is 0 Å². The molecule has 0 aromatic heterocycles. The topological polar surface area (TPSA) is 103 Å². The zero-order chi connectivity index (χ0) is 24.9. The van der Waals surface area contributed by atoms with E-state index in [1.165, 1.54) is 38.5 Å². The summed E-state index contributed by atoms with van der Waals surface area (Å²) in [5.74, 6) is -0.241. The lowest BCUT2D eigenvalue weighted by Crippen LogP contribution is -2.15. The number of carbonyl (C=O) groups excluding carboxylic acids is 1. The number of nitrogens with one attached hydrogen (secondary N) is 2. The van der Waals surface area contributed by atoms with Gasteiger partial charge in [-0.1, -0.05) is 11.6 Å². The third kappa shape index (κ3) is 5.70. The summed E-state index contributed by atoms with van der Waals surface area (Å²) in [4.78, 5) is 12.7. The Morgan fingerprint density at radius 1 is 1.00 bits per heavy atom. The van der Waals surface area contributed by atoms with Gasteiger partial charge in [-0.15, -0.1) is 0 Å². The van der Waals surface area contributed by atoms with E-state index in [0.29, 0.717) is 18.1 Å². The van der Waals surface area contributed by atoms with E-state index in [1.54, 1.807) is 13.0 Å². The van der Waals surface area contributed by atoms with Gasteiger partial charge in [0.15, 0.2) is 11.5 Å². The summed E-state index contributed by atoms with van der Waals surface area (Å²) in [7, 11) is -1.24. The molecule has 0 aliphatic carbocycles. The second-order valence-electron chi connectivity index (χ2n) is 6.85. The maximum atomic E-state index is 13.2. The minimum absolute atomic E-state index is 0.0759.